The minimum atomic E-state index is -0.657. The molecule has 0 unspecified atom stereocenters. The third-order valence-corrected chi connectivity index (χ3v) is 3.76. The predicted octanol–water partition coefficient (Wildman–Crippen LogP) is 4.16. The summed E-state index contributed by atoms with van der Waals surface area (Å²) in [4.78, 5) is 33.8. The first kappa shape index (κ1) is 19.1. The van der Waals surface area contributed by atoms with E-state index in [1.54, 1.807) is 12.1 Å². The van der Waals surface area contributed by atoms with Gasteiger partial charge in [-0.3, -0.25) is 14.9 Å². The van der Waals surface area contributed by atoms with Crippen molar-refractivity contribution < 1.29 is 19.2 Å². The number of hydrogen-bond donors (Lipinski definition) is 0. The molecule has 0 bridgehead atoms. The molecule has 0 saturated heterocycles. The van der Waals surface area contributed by atoms with Gasteiger partial charge < -0.3 is 4.74 Å². The van der Waals surface area contributed by atoms with Crippen LogP contribution in [0.4, 0.5) is 5.69 Å². The van der Waals surface area contributed by atoms with Crippen molar-refractivity contribution in [1.82, 2.24) is 0 Å². The average molecular weight is 353 g/mol. The van der Waals surface area contributed by atoms with Crippen LogP contribution in [-0.2, 0) is 9.53 Å². The Morgan fingerprint density at radius 1 is 1.08 bits per heavy atom. The highest BCUT2D eigenvalue weighted by Crippen LogP contribution is 2.15. The number of nitro benzene ring substituents is 1. The molecule has 2 aromatic carbocycles. The Hall–Kier alpha value is -3.28. The number of hydrogen-bond acceptors (Lipinski definition) is 5. The molecule has 0 aliphatic carbocycles. The molecule has 0 fully saturated rings. The summed E-state index contributed by atoms with van der Waals surface area (Å²) in [5.41, 5.74) is 2.20. The standard InChI is InChI=1S/C20H19NO5/c1-14(2)16-6-8-17(9-7-16)19(22)13-26-20(23)12-5-15-3-10-18(11-4-15)21(24)25/h3-12,14H,13H2,1-2H3/b12-5+. The van der Waals surface area contributed by atoms with Crippen LogP contribution >= 0.6 is 0 Å². The molecule has 0 N–H and O–H groups in total. The first-order chi connectivity index (χ1) is 12.4. The van der Waals surface area contributed by atoms with Crippen molar-refractivity contribution in [1.29, 1.82) is 0 Å². The van der Waals surface area contributed by atoms with E-state index in [1.165, 1.54) is 36.4 Å². The Morgan fingerprint density at radius 3 is 2.23 bits per heavy atom. The number of nitro groups is 1. The van der Waals surface area contributed by atoms with E-state index < -0.39 is 10.9 Å². The molecule has 0 spiro atoms. The number of benzene rings is 2. The van der Waals surface area contributed by atoms with Gasteiger partial charge in [-0.25, -0.2) is 4.79 Å². The molecule has 6 heteroatoms. The zero-order chi connectivity index (χ0) is 19.1. The van der Waals surface area contributed by atoms with E-state index in [0.717, 1.165) is 5.56 Å². The Morgan fingerprint density at radius 2 is 1.69 bits per heavy atom. The van der Waals surface area contributed by atoms with Gasteiger partial charge in [-0.2, -0.15) is 0 Å². The molecular formula is C20H19NO5. The van der Waals surface area contributed by atoms with Gasteiger partial charge in [0.15, 0.2) is 12.4 Å². The Balaban J connectivity index is 1.87. The molecule has 26 heavy (non-hydrogen) atoms. The zero-order valence-electron chi connectivity index (χ0n) is 14.5. The highest BCUT2D eigenvalue weighted by atomic mass is 16.6. The average Bonchev–Trinajstić information content (AvgIpc) is 2.64. The molecule has 2 rings (SSSR count). The lowest BCUT2D eigenvalue weighted by Crippen LogP contribution is -2.12. The maximum absolute atomic E-state index is 12.0. The van der Waals surface area contributed by atoms with Crippen LogP contribution in [0.2, 0.25) is 0 Å². The molecule has 134 valence electrons. The van der Waals surface area contributed by atoms with Crippen molar-refractivity contribution in [3.05, 3.63) is 81.4 Å². The van der Waals surface area contributed by atoms with E-state index in [9.17, 15) is 19.7 Å². The Bertz CT molecular complexity index is 820. The summed E-state index contributed by atoms with van der Waals surface area (Å²) < 4.78 is 4.94. The topological polar surface area (TPSA) is 86.5 Å². The van der Waals surface area contributed by atoms with E-state index in [-0.39, 0.29) is 18.1 Å². The number of esters is 1. The SMILES string of the molecule is CC(C)c1ccc(C(=O)COC(=O)/C=C/c2ccc([N+](=O)[O-])cc2)cc1. The van der Waals surface area contributed by atoms with Crippen LogP contribution in [0.5, 0.6) is 0 Å². The highest BCUT2D eigenvalue weighted by Gasteiger charge is 2.09. The van der Waals surface area contributed by atoms with Crippen LogP contribution in [0.15, 0.2) is 54.6 Å². The lowest BCUT2D eigenvalue weighted by molar-refractivity contribution is -0.384. The highest BCUT2D eigenvalue weighted by molar-refractivity contribution is 5.98. The van der Waals surface area contributed by atoms with E-state index in [4.69, 9.17) is 4.74 Å². The quantitative estimate of drug-likeness (QED) is 0.245. The molecule has 0 saturated carbocycles. The number of ketones is 1. The first-order valence-corrected chi connectivity index (χ1v) is 8.09. The van der Waals surface area contributed by atoms with Gasteiger partial charge in [0.1, 0.15) is 0 Å². The molecule has 6 nitrogen and oxygen atoms in total. The number of carbonyl (C=O) groups excluding carboxylic acids is 2. The summed E-state index contributed by atoms with van der Waals surface area (Å²) >= 11 is 0. The Kier molecular flexibility index (Phi) is 6.38. The fraction of sp³-hybridized carbons (Fsp3) is 0.200. The number of non-ortho nitro benzene ring substituents is 1. The molecule has 0 aliphatic heterocycles. The summed E-state index contributed by atoms with van der Waals surface area (Å²) in [7, 11) is 0. The third kappa shape index (κ3) is 5.37. The normalized spacial score (nSPS) is 10.9. The van der Waals surface area contributed by atoms with Crippen LogP contribution in [0.1, 0.15) is 41.3 Å². The lowest BCUT2D eigenvalue weighted by atomic mass is 10.0. The largest absolute Gasteiger partial charge is 0.454 e. The van der Waals surface area contributed by atoms with Gasteiger partial charge in [-0.05, 0) is 35.3 Å². The Labute approximate surface area is 151 Å². The van der Waals surface area contributed by atoms with Gasteiger partial charge in [0.05, 0.1) is 4.92 Å². The molecule has 0 aromatic heterocycles. The minimum absolute atomic E-state index is 0.0289. The van der Waals surface area contributed by atoms with Crippen molar-refractivity contribution in [2.24, 2.45) is 0 Å². The van der Waals surface area contributed by atoms with E-state index in [2.05, 4.69) is 13.8 Å². The second kappa shape index (κ2) is 8.71. The van der Waals surface area contributed by atoms with Crippen molar-refractivity contribution in [3.8, 4) is 0 Å². The third-order valence-electron chi connectivity index (χ3n) is 3.76. The van der Waals surface area contributed by atoms with Crippen molar-refractivity contribution in [2.45, 2.75) is 19.8 Å². The second-order valence-corrected chi connectivity index (χ2v) is 5.99. The summed E-state index contributed by atoms with van der Waals surface area (Å²) in [6, 6.07) is 12.9. The summed E-state index contributed by atoms with van der Waals surface area (Å²) in [6.07, 6.45) is 2.64. The van der Waals surface area contributed by atoms with Crippen LogP contribution in [0, 0.1) is 10.1 Å². The lowest BCUT2D eigenvalue weighted by Gasteiger charge is -2.06. The smallest absolute Gasteiger partial charge is 0.331 e. The fourth-order valence-electron chi connectivity index (χ4n) is 2.19. The number of rotatable bonds is 7. The second-order valence-electron chi connectivity index (χ2n) is 5.99. The molecule has 0 atom stereocenters. The van der Waals surface area contributed by atoms with Crippen LogP contribution in [0.3, 0.4) is 0 Å². The predicted molar refractivity (Wildman–Crippen MR) is 98.0 cm³/mol. The summed E-state index contributed by atoms with van der Waals surface area (Å²) in [5.74, 6) is -0.561. The van der Waals surface area contributed by atoms with Gasteiger partial charge >= 0.3 is 5.97 Å². The maximum Gasteiger partial charge on any atom is 0.331 e. The monoisotopic (exact) mass is 353 g/mol. The first-order valence-electron chi connectivity index (χ1n) is 8.09. The number of carbonyl (C=O) groups is 2. The molecule has 2 aromatic rings. The van der Waals surface area contributed by atoms with Crippen LogP contribution in [0.25, 0.3) is 6.08 Å². The van der Waals surface area contributed by atoms with Crippen molar-refractivity contribution in [2.75, 3.05) is 6.61 Å². The van der Waals surface area contributed by atoms with Crippen molar-refractivity contribution >= 4 is 23.5 Å². The van der Waals surface area contributed by atoms with Gasteiger partial charge in [-0.15, -0.1) is 0 Å². The molecular weight excluding hydrogens is 334 g/mol. The van der Waals surface area contributed by atoms with Crippen LogP contribution < -0.4 is 0 Å². The number of Topliss-reactive ketones (excluding diaryl/α,β-unsaturated/α-hetero) is 1. The van der Waals surface area contributed by atoms with E-state index >= 15 is 0 Å². The number of nitrogens with zero attached hydrogens (tertiary/aromatic N) is 1. The molecule has 0 radical (unpaired) electrons. The molecule has 0 amide bonds. The summed E-state index contributed by atoms with van der Waals surface area (Å²) in [5, 5.41) is 10.6. The van der Waals surface area contributed by atoms with Gasteiger partial charge in [0.2, 0.25) is 0 Å². The van der Waals surface area contributed by atoms with Gasteiger partial charge in [-0.1, -0.05) is 38.1 Å². The van der Waals surface area contributed by atoms with Gasteiger partial charge in [0.25, 0.3) is 5.69 Å². The fourth-order valence-corrected chi connectivity index (χ4v) is 2.19. The molecule has 0 aliphatic rings. The minimum Gasteiger partial charge on any atom is -0.454 e. The van der Waals surface area contributed by atoms with Gasteiger partial charge in [0, 0.05) is 23.8 Å². The number of ether oxygens (including phenoxy) is 1. The van der Waals surface area contributed by atoms with Crippen LogP contribution in [-0.4, -0.2) is 23.3 Å². The van der Waals surface area contributed by atoms with E-state index in [0.29, 0.717) is 17.0 Å². The molecule has 0 heterocycles. The maximum atomic E-state index is 12.0. The zero-order valence-corrected chi connectivity index (χ0v) is 14.5. The van der Waals surface area contributed by atoms with E-state index in [1.807, 2.05) is 12.1 Å². The summed E-state index contributed by atoms with van der Waals surface area (Å²) in [6.45, 7) is 3.79. The van der Waals surface area contributed by atoms with Crippen molar-refractivity contribution in [3.63, 3.8) is 0 Å².